The average molecular weight is 296 g/mol. The Morgan fingerprint density at radius 3 is 2.62 bits per heavy atom. The Morgan fingerprint density at radius 1 is 1.24 bits per heavy atom. The minimum Gasteiger partial charge on any atom is -0.493 e. The van der Waals surface area contributed by atoms with Crippen molar-refractivity contribution in [3.8, 4) is 5.75 Å². The lowest BCUT2D eigenvalue weighted by atomic mass is 9.87. The Labute approximate surface area is 120 Å². The summed E-state index contributed by atoms with van der Waals surface area (Å²) in [4.78, 5) is 12.0. The zero-order valence-electron chi connectivity index (χ0n) is 11.6. The standard InChI is InChI=1S/C15H14F2O4/c1-19-14-7(3-4-8(16)13(14)17)11-9-5-6-10(21-9)12(11)15(18)20-2/h3-4,9-10H,5-6H2,1-2H3/t9-,10+/m1/s1. The van der Waals surface area contributed by atoms with Crippen LogP contribution in [0.15, 0.2) is 17.7 Å². The summed E-state index contributed by atoms with van der Waals surface area (Å²) in [7, 11) is 2.54. The SMILES string of the molecule is COC(=O)C1=C(c2ccc(F)c(F)c2OC)[C@H]2CC[C@@H]1O2. The molecule has 0 N–H and O–H groups in total. The summed E-state index contributed by atoms with van der Waals surface area (Å²) in [5.41, 5.74) is 1.25. The number of esters is 1. The second-order valence-corrected chi connectivity index (χ2v) is 4.95. The molecule has 0 radical (unpaired) electrons. The maximum atomic E-state index is 13.9. The van der Waals surface area contributed by atoms with E-state index in [1.165, 1.54) is 20.3 Å². The molecule has 4 nitrogen and oxygen atoms in total. The number of ether oxygens (including phenoxy) is 3. The summed E-state index contributed by atoms with van der Waals surface area (Å²) in [6, 6.07) is 2.42. The summed E-state index contributed by atoms with van der Waals surface area (Å²) in [6.45, 7) is 0. The lowest BCUT2D eigenvalue weighted by Crippen LogP contribution is -2.18. The fourth-order valence-corrected chi connectivity index (χ4v) is 3.02. The maximum absolute atomic E-state index is 13.9. The smallest absolute Gasteiger partial charge is 0.336 e. The minimum atomic E-state index is -1.07. The lowest BCUT2D eigenvalue weighted by molar-refractivity contribution is -0.136. The Hall–Kier alpha value is -1.95. The summed E-state index contributed by atoms with van der Waals surface area (Å²) in [5.74, 6) is -2.80. The van der Waals surface area contributed by atoms with Gasteiger partial charge in [-0.1, -0.05) is 0 Å². The highest BCUT2D eigenvalue weighted by Gasteiger charge is 2.45. The van der Waals surface area contributed by atoms with Crippen molar-refractivity contribution in [1.29, 1.82) is 0 Å². The van der Waals surface area contributed by atoms with E-state index < -0.39 is 17.6 Å². The molecule has 1 aromatic carbocycles. The van der Waals surface area contributed by atoms with Gasteiger partial charge in [-0.15, -0.1) is 0 Å². The molecule has 2 heterocycles. The molecule has 0 amide bonds. The third-order valence-corrected chi connectivity index (χ3v) is 3.90. The number of fused-ring (bicyclic) bond motifs is 2. The molecule has 2 aliphatic rings. The normalized spacial score (nSPS) is 23.6. The second kappa shape index (κ2) is 5.11. The summed E-state index contributed by atoms with van der Waals surface area (Å²) in [6.07, 6.45) is 0.769. The van der Waals surface area contributed by atoms with E-state index in [1.807, 2.05) is 0 Å². The van der Waals surface area contributed by atoms with Crippen LogP contribution in [0.5, 0.6) is 5.75 Å². The van der Waals surface area contributed by atoms with Gasteiger partial charge in [0, 0.05) is 11.1 Å². The zero-order valence-corrected chi connectivity index (χ0v) is 11.6. The van der Waals surface area contributed by atoms with E-state index in [2.05, 4.69) is 0 Å². The number of halogens is 2. The van der Waals surface area contributed by atoms with Gasteiger partial charge in [-0.25, -0.2) is 9.18 Å². The van der Waals surface area contributed by atoms with Crippen molar-refractivity contribution in [3.05, 3.63) is 34.9 Å². The third-order valence-electron chi connectivity index (χ3n) is 3.90. The Kier molecular flexibility index (Phi) is 3.41. The predicted molar refractivity (Wildman–Crippen MR) is 69.7 cm³/mol. The van der Waals surface area contributed by atoms with Crippen LogP contribution in [-0.2, 0) is 14.3 Å². The largest absolute Gasteiger partial charge is 0.493 e. The molecule has 1 aromatic rings. The van der Waals surface area contributed by atoms with Crippen molar-refractivity contribution in [2.24, 2.45) is 0 Å². The van der Waals surface area contributed by atoms with E-state index in [0.29, 0.717) is 23.1 Å². The number of rotatable bonds is 3. The van der Waals surface area contributed by atoms with Crippen molar-refractivity contribution in [2.75, 3.05) is 14.2 Å². The molecule has 1 fully saturated rings. The van der Waals surface area contributed by atoms with Crippen LogP contribution in [0.3, 0.4) is 0 Å². The number of carbonyl (C=O) groups excluding carboxylic acids is 1. The highest BCUT2D eigenvalue weighted by atomic mass is 19.2. The van der Waals surface area contributed by atoms with Gasteiger partial charge in [-0.05, 0) is 25.0 Å². The molecule has 3 rings (SSSR count). The van der Waals surface area contributed by atoms with Gasteiger partial charge < -0.3 is 14.2 Å². The van der Waals surface area contributed by atoms with Crippen LogP contribution in [0.25, 0.3) is 5.57 Å². The molecule has 6 heteroatoms. The van der Waals surface area contributed by atoms with E-state index in [1.54, 1.807) is 0 Å². The van der Waals surface area contributed by atoms with E-state index in [4.69, 9.17) is 14.2 Å². The highest BCUT2D eigenvalue weighted by Crippen LogP contribution is 2.47. The fourth-order valence-electron chi connectivity index (χ4n) is 3.02. The van der Waals surface area contributed by atoms with E-state index in [9.17, 15) is 13.6 Å². The molecule has 2 bridgehead atoms. The first-order valence-electron chi connectivity index (χ1n) is 6.58. The topological polar surface area (TPSA) is 44.8 Å². The number of methoxy groups -OCH3 is 2. The van der Waals surface area contributed by atoms with Gasteiger partial charge in [0.2, 0.25) is 5.82 Å². The van der Waals surface area contributed by atoms with Crippen LogP contribution in [0.1, 0.15) is 18.4 Å². The molecule has 112 valence electrons. The van der Waals surface area contributed by atoms with E-state index in [0.717, 1.165) is 12.5 Å². The van der Waals surface area contributed by atoms with E-state index >= 15 is 0 Å². The molecular weight excluding hydrogens is 282 g/mol. The quantitative estimate of drug-likeness (QED) is 0.804. The number of hydrogen-bond acceptors (Lipinski definition) is 4. The van der Waals surface area contributed by atoms with Crippen molar-refractivity contribution < 1.29 is 27.8 Å². The van der Waals surface area contributed by atoms with Gasteiger partial charge in [0.25, 0.3) is 0 Å². The molecule has 2 atom stereocenters. The molecule has 0 aromatic heterocycles. The summed E-state index contributed by atoms with van der Waals surface area (Å²) < 4.78 is 42.7. The summed E-state index contributed by atoms with van der Waals surface area (Å²) >= 11 is 0. The molecule has 0 unspecified atom stereocenters. The van der Waals surface area contributed by atoms with Crippen molar-refractivity contribution in [2.45, 2.75) is 25.0 Å². The van der Waals surface area contributed by atoms with Crippen LogP contribution in [-0.4, -0.2) is 32.4 Å². The van der Waals surface area contributed by atoms with Gasteiger partial charge in [0.15, 0.2) is 11.6 Å². The highest BCUT2D eigenvalue weighted by molar-refractivity contribution is 6.02. The number of hydrogen-bond donors (Lipinski definition) is 0. The minimum absolute atomic E-state index is 0.220. The Bertz CT molecular complexity index is 639. The van der Waals surface area contributed by atoms with Crippen molar-refractivity contribution >= 4 is 11.5 Å². The van der Waals surface area contributed by atoms with E-state index in [-0.39, 0.29) is 18.0 Å². The molecule has 21 heavy (non-hydrogen) atoms. The second-order valence-electron chi connectivity index (χ2n) is 4.95. The average Bonchev–Trinajstić information content (AvgIpc) is 3.09. The van der Waals surface area contributed by atoms with Crippen LogP contribution in [0.2, 0.25) is 0 Å². The fraction of sp³-hybridized carbons (Fsp3) is 0.400. The number of benzene rings is 1. The predicted octanol–water partition coefficient (Wildman–Crippen LogP) is 2.46. The molecule has 2 aliphatic heterocycles. The molecule has 1 saturated heterocycles. The van der Waals surface area contributed by atoms with Gasteiger partial charge in [0.05, 0.1) is 32.0 Å². The third kappa shape index (κ3) is 2.01. The number of carbonyl (C=O) groups is 1. The van der Waals surface area contributed by atoms with Crippen LogP contribution in [0.4, 0.5) is 8.78 Å². The van der Waals surface area contributed by atoms with Crippen molar-refractivity contribution in [1.82, 2.24) is 0 Å². The molecular formula is C15H14F2O4. The van der Waals surface area contributed by atoms with Gasteiger partial charge in [0.1, 0.15) is 0 Å². The van der Waals surface area contributed by atoms with Crippen LogP contribution in [0, 0.1) is 11.6 Å². The monoisotopic (exact) mass is 296 g/mol. The van der Waals surface area contributed by atoms with Gasteiger partial charge in [-0.2, -0.15) is 4.39 Å². The molecule has 0 aliphatic carbocycles. The van der Waals surface area contributed by atoms with Gasteiger partial charge in [-0.3, -0.25) is 0 Å². The molecule has 0 saturated carbocycles. The summed E-state index contributed by atoms with van der Waals surface area (Å²) in [5, 5.41) is 0. The first-order chi connectivity index (χ1) is 10.1. The maximum Gasteiger partial charge on any atom is 0.336 e. The lowest BCUT2D eigenvalue weighted by Gasteiger charge is -2.18. The molecule has 0 spiro atoms. The first-order valence-corrected chi connectivity index (χ1v) is 6.58. The van der Waals surface area contributed by atoms with Crippen LogP contribution < -0.4 is 4.74 Å². The Balaban J connectivity index is 2.21. The first kappa shape index (κ1) is 14.0. The van der Waals surface area contributed by atoms with Gasteiger partial charge >= 0.3 is 5.97 Å². The Morgan fingerprint density at radius 2 is 1.95 bits per heavy atom. The van der Waals surface area contributed by atoms with Crippen LogP contribution >= 0.6 is 0 Å². The van der Waals surface area contributed by atoms with Crippen molar-refractivity contribution in [3.63, 3.8) is 0 Å². The zero-order chi connectivity index (χ0) is 15.1.